The molecule has 16 heavy (non-hydrogen) atoms. The van der Waals surface area contributed by atoms with Gasteiger partial charge < -0.3 is 4.89 Å². The van der Waals surface area contributed by atoms with Crippen molar-refractivity contribution in [2.24, 2.45) is 9.98 Å². The SMILES string of the molecule is O=C=NC(=O)C(=O)N=C=O.O=P([O-])(F)F.[Na+]. The molecule has 0 aliphatic heterocycles. The quantitative estimate of drug-likeness (QED) is 0.144. The number of nitrogens with zero attached hydrogens (tertiary/aromatic N) is 2. The van der Waals surface area contributed by atoms with Gasteiger partial charge in [-0.15, -0.1) is 9.98 Å². The average molecular weight is 264 g/mol. The molecular formula is C4F2N2NaO6P. The Morgan fingerprint density at radius 2 is 1.25 bits per heavy atom. The first kappa shape index (κ1) is 20.5. The number of aliphatic imine (C=N–C) groups is 2. The second kappa shape index (κ2) is 10.7. The maximum atomic E-state index is 10.1. The van der Waals surface area contributed by atoms with Crippen LogP contribution in [0.15, 0.2) is 9.98 Å². The van der Waals surface area contributed by atoms with E-state index in [4.69, 9.17) is 9.46 Å². The van der Waals surface area contributed by atoms with Crippen molar-refractivity contribution in [1.29, 1.82) is 0 Å². The van der Waals surface area contributed by atoms with E-state index in [2.05, 4.69) is 9.98 Å². The van der Waals surface area contributed by atoms with E-state index >= 15 is 0 Å². The third-order valence-electron chi connectivity index (χ3n) is 0.477. The molecule has 0 aromatic carbocycles. The smallest absolute Gasteiger partial charge is 0.749 e. The summed E-state index contributed by atoms with van der Waals surface area (Å²) in [6.07, 6.45) is 1.64. The summed E-state index contributed by atoms with van der Waals surface area (Å²) in [6, 6.07) is 0. The largest absolute Gasteiger partial charge is 1.00 e. The normalized spacial score (nSPS) is 7.94. The fraction of sp³-hybridized carbons (Fsp3) is 0. The molecule has 8 nitrogen and oxygen atoms in total. The Bertz CT molecular complexity index is 359. The predicted molar refractivity (Wildman–Crippen MR) is 36.1 cm³/mol. The molecule has 0 aromatic heterocycles. The van der Waals surface area contributed by atoms with E-state index in [0.29, 0.717) is 0 Å². The van der Waals surface area contributed by atoms with Crippen LogP contribution in [0.3, 0.4) is 0 Å². The zero-order valence-corrected chi connectivity index (χ0v) is 10.4. The van der Waals surface area contributed by atoms with Gasteiger partial charge in [0.1, 0.15) is 0 Å². The van der Waals surface area contributed by atoms with Crippen molar-refractivity contribution < 1.29 is 66.6 Å². The maximum absolute atomic E-state index is 10.1. The second-order valence-electron chi connectivity index (χ2n) is 1.43. The van der Waals surface area contributed by atoms with E-state index in [-0.39, 0.29) is 29.6 Å². The van der Waals surface area contributed by atoms with E-state index in [1.54, 1.807) is 0 Å². The summed E-state index contributed by atoms with van der Waals surface area (Å²) in [4.78, 5) is 51.9. The molecule has 2 amide bonds. The zero-order valence-electron chi connectivity index (χ0n) is 7.55. The van der Waals surface area contributed by atoms with Gasteiger partial charge in [-0.25, -0.2) is 9.59 Å². The van der Waals surface area contributed by atoms with Crippen molar-refractivity contribution in [3.8, 4) is 0 Å². The number of rotatable bonds is 0. The van der Waals surface area contributed by atoms with Crippen LogP contribution in [0.5, 0.6) is 0 Å². The number of amides is 2. The molecule has 0 bridgehead atoms. The van der Waals surface area contributed by atoms with Crippen LogP contribution < -0.4 is 34.5 Å². The average Bonchev–Trinajstić information content (AvgIpc) is 2.02. The summed E-state index contributed by atoms with van der Waals surface area (Å²) >= 11 is 0. The zero-order chi connectivity index (χ0) is 12.5. The van der Waals surface area contributed by atoms with Crippen LogP contribution >= 0.6 is 7.99 Å². The first-order valence-corrected chi connectivity index (χ1v) is 4.07. The van der Waals surface area contributed by atoms with Crippen molar-refractivity contribution in [1.82, 2.24) is 0 Å². The number of halogens is 2. The molecule has 0 aliphatic rings. The van der Waals surface area contributed by atoms with Crippen LogP contribution in [0.2, 0.25) is 0 Å². The minimum atomic E-state index is -5.89. The molecule has 0 saturated heterocycles. The van der Waals surface area contributed by atoms with Crippen molar-refractivity contribution in [3.05, 3.63) is 0 Å². The molecule has 0 rings (SSSR count). The molecule has 0 radical (unpaired) electrons. The topological polar surface area (TPSA) is 133 Å². The molecule has 0 saturated carbocycles. The summed E-state index contributed by atoms with van der Waals surface area (Å²) in [5.74, 6) is -2.86. The van der Waals surface area contributed by atoms with Crippen LogP contribution in [0.1, 0.15) is 0 Å². The minimum absolute atomic E-state index is 0. The molecule has 0 heterocycles. The molecule has 0 atom stereocenters. The van der Waals surface area contributed by atoms with Crippen molar-refractivity contribution in [2.45, 2.75) is 0 Å². The third kappa shape index (κ3) is 23.2. The van der Waals surface area contributed by atoms with Gasteiger partial charge in [-0.3, -0.25) is 14.2 Å². The van der Waals surface area contributed by atoms with E-state index in [9.17, 15) is 27.6 Å². The van der Waals surface area contributed by atoms with Gasteiger partial charge in [-0.2, -0.15) is 8.39 Å². The third-order valence-corrected chi connectivity index (χ3v) is 0.477. The van der Waals surface area contributed by atoms with E-state index < -0.39 is 19.8 Å². The van der Waals surface area contributed by atoms with Crippen LogP contribution in [0.4, 0.5) is 8.39 Å². The van der Waals surface area contributed by atoms with Crippen molar-refractivity contribution in [2.75, 3.05) is 0 Å². The van der Waals surface area contributed by atoms with Gasteiger partial charge in [-0.1, -0.05) is 0 Å². The summed E-state index contributed by atoms with van der Waals surface area (Å²) in [5, 5.41) is 0. The van der Waals surface area contributed by atoms with Gasteiger partial charge in [0.15, 0.2) is 0 Å². The number of carbonyl (C=O) groups excluding carboxylic acids is 4. The molecule has 0 aliphatic carbocycles. The van der Waals surface area contributed by atoms with E-state index in [1.165, 1.54) is 0 Å². The van der Waals surface area contributed by atoms with Crippen LogP contribution in [0.25, 0.3) is 0 Å². The second-order valence-corrected chi connectivity index (χ2v) is 2.26. The molecule has 0 N–H and O–H groups in total. The molecule has 0 unspecified atom stereocenters. The summed E-state index contributed by atoms with van der Waals surface area (Å²) in [5.41, 5.74) is 0. The molecule has 0 fully saturated rings. The van der Waals surface area contributed by atoms with Crippen LogP contribution in [-0.2, 0) is 23.7 Å². The molecule has 0 aromatic rings. The number of carbonyl (C=O) groups is 2. The Kier molecular flexibility index (Phi) is 13.7. The van der Waals surface area contributed by atoms with Crippen molar-refractivity contribution in [3.63, 3.8) is 0 Å². The Balaban J connectivity index is -0.000000242. The van der Waals surface area contributed by atoms with Gasteiger partial charge in [0.25, 0.3) is 0 Å². The number of hydrogen-bond acceptors (Lipinski definition) is 6. The van der Waals surface area contributed by atoms with E-state index in [0.717, 1.165) is 12.2 Å². The number of hydrogen-bond donors (Lipinski definition) is 0. The van der Waals surface area contributed by atoms with Gasteiger partial charge in [0.05, 0.1) is 0 Å². The molecule has 12 heteroatoms. The first-order valence-electron chi connectivity index (χ1n) is 2.66. The summed E-state index contributed by atoms with van der Waals surface area (Å²) in [7, 11) is -5.89. The van der Waals surface area contributed by atoms with Gasteiger partial charge in [0, 0.05) is 0 Å². The van der Waals surface area contributed by atoms with Gasteiger partial charge >= 0.3 is 49.4 Å². The molecule has 0 spiro atoms. The van der Waals surface area contributed by atoms with Gasteiger partial charge in [0.2, 0.25) is 12.2 Å². The fourth-order valence-electron chi connectivity index (χ4n) is 0.179. The van der Waals surface area contributed by atoms with Crippen LogP contribution in [0, 0.1) is 0 Å². The Morgan fingerprint density at radius 1 is 1.06 bits per heavy atom. The Morgan fingerprint density at radius 3 is 1.38 bits per heavy atom. The monoisotopic (exact) mass is 264 g/mol. The molecular weight excluding hydrogens is 264 g/mol. The minimum Gasteiger partial charge on any atom is -0.749 e. The first-order chi connectivity index (χ1) is 6.72. The Labute approximate surface area is 108 Å². The number of isocyanates is 2. The standard InChI is InChI=1S/C4N2O4.F2HO2P.Na/c7-1-5-3(9)4(10)6-2-8;1-5(2,3)4;/h;(H,3,4);/q;;+1/p-1. The predicted octanol–water partition coefficient (Wildman–Crippen LogP) is -3.89. The van der Waals surface area contributed by atoms with Gasteiger partial charge in [-0.05, 0) is 0 Å². The van der Waals surface area contributed by atoms with Crippen molar-refractivity contribution >= 4 is 32.0 Å². The van der Waals surface area contributed by atoms with Crippen LogP contribution in [-0.4, -0.2) is 24.0 Å². The fourth-order valence-corrected chi connectivity index (χ4v) is 0.179. The summed E-state index contributed by atoms with van der Waals surface area (Å²) < 4.78 is 28.4. The molecule has 82 valence electrons. The summed E-state index contributed by atoms with van der Waals surface area (Å²) in [6.45, 7) is 0. The maximum Gasteiger partial charge on any atom is 1.00 e. The Hall–Kier alpha value is -0.850. The van der Waals surface area contributed by atoms with E-state index in [1.807, 2.05) is 0 Å².